The Balaban J connectivity index is 1.92. The van der Waals surface area contributed by atoms with Crippen molar-refractivity contribution < 1.29 is 8.83 Å². The van der Waals surface area contributed by atoms with E-state index in [1.165, 1.54) is 5.56 Å². The summed E-state index contributed by atoms with van der Waals surface area (Å²) in [5, 5.41) is 3.45. The van der Waals surface area contributed by atoms with Crippen molar-refractivity contribution in [1.29, 1.82) is 0 Å². The van der Waals surface area contributed by atoms with Gasteiger partial charge in [0.1, 0.15) is 17.3 Å². The maximum Gasteiger partial charge on any atom is 0.118 e. The second-order valence-corrected chi connectivity index (χ2v) is 6.65. The molecule has 2 heterocycles. The van der Waals surface area contributed by atoms with Crippen molar-refractivity contribution >= 4 is 0 Å². The first-order valence-corrected chi connectivity index (χ1v) is 7.37. The highest BCUT2D eigenvalue weighted by molar-refractivity contribution is 5.21. The molecule has 0 unspecified atom stereocenters. The number of hydrogen-bond donors (Lipinski definition) is 1. The summed E-state index contributed by atoms with van der Waals surface area (Å²) in [4.78, 5) is 2.22. The minimum absolute atomic E-state index is 0.0942. The van der Waals surface area contributed by atoms with Gasteiger partial charge in [0.15, 0.2) is 0 Å². The predicted molar refractivity (Wildman–Crippen MR) is 83.9 cm³/mol. The number of furan rings is 2. The molecule has 0 amide bonds. The van der Waals surface area contributed by atoms with Crippen LogP contribution in [-0.4, -0.2) is 17.5 Å². The lowest BCUT2D eigenvalue weighted by Gasteiger charge is -2.19. The van der Waals surface area contributed by atoms with Crippen LogP contribution in [0.25, 0.3) is 0 Å². The fourth-order valence-electron chi connectivity index (χ4n) is 2.20. The largest absolute Gasteiger partial charge is 0.468 e. The van der Waals surface area contributed by atoms with Gasteiger partial charge in [-0.2, -0.15) is 0 Å². The Labute approximate surface area is 127 Å². The lowest BCUT2D eigenvalue weighted by Crippen LogP contribution is -2.34. The number of hydrogen-bond acceptors (Lipinski definition) is 4. The molecule has 0 fully saturated rings. The molecule has 1 N–H and O–H groups in total. The average molecular weight is 290 g/mol. The van der Waals surface area contributed by atoms with Gasteiger partial charge in [0.25, 0.3) is 0 Å². The van der Waals surface area contributed by atoms with Crippen LogP contribution in [0, 0.1) is 6.92 Å². The quantitative estimate of drug-likeness (QED) is 0.880. The summed E-state index contributed by atoms with van der Waals surface area (Å²) >= 11 is 0. The molecule has 0 aliphatic rings. The number of rotatable bonds is 6. The maximum atomic E-state index is 5.83. The third-order valence-electron chi connectivity index (χ3n) is 3.31. The van der Waals surface area contributed by atoms with E-state index in [2.05, 4.69) is 44.1 Å². The summed E-state index contributed by atoms with van der Waals surface area (Å²) in [7, 11) is 2.09. The van der Waals surface area contributed by atoms with Crippen LogP contribution in [0.5, 0.6) is 0 Å². The highest BCUT2D eigenvalue weighted by Crippen LogP contribution is 2.18. The zero-order chi connectivity index (χ0) is 15.5. The van der Waals surface area contributed by atoms with Crippen LogP contribution < -0.4 is 5.32 Å². The molecule has 2 rings (SSSR count). The molecule has 2 aromatic rings. The number of aryl methyl sites for hydroxylation is 1. The van der Waals surface area contributed by atoms with Gasteiger partial charge in [-0.3, -0.25) is 4.90 Å². The zero-order valence-corrected chi connectivity index (χ0v) is 13.7. The maximum absolute atomic E-state index is 5.83. The van der Waals surface area contributed by atoms with Crippen LogP contribution in [0.15, 0.2) is 33.3 Å². The van der Waals surface area contributed by atoms with Crippen LogP contribution in [0.3, 0.4) is 0 Å². The van der Waals surface area contributed by atoms with Gasteiger partial charge in [-0.05, 0) is 52.9 Å². The molecule has 0 bridgehead atoms. The molecule has 0 atom stereocenters. The second-order valence-electron chi connectivity index (χ2n) is 6.65. The second kappa shape index (κ2) is 6.50. The molecule has 0 spiro atoms. The zero-order valence-electron chi connectivity index (χ0n) is 13.7. The van der Waals surface area contributed by atoms with Gasteiger partial charge in [0.2, 0.25) is 0 Å². The van der Waals surface area contributed by atoms with E-state index < -0.39 is 0 Å². The molecule has 0 radical (unpaired) electrons. The SMILES string of the molecule is Cc1oc(CNC(C)(C)C)cc1CN(C)Cc1ccco1. The Bertz CT molecular complexity index is 550. The van der Waals surface area contributed by atoms with E-state index in [0.717, 1.165) is 36.9 Å². The van der Waals surface area contributed by atoms with Crippen molar-refractivity contribution in [2.45, 2.75) is 52.9 Å². The van der Waals surface area contributed by atoms with Crippen LogP contribution in [0.2, 0.25) is 0 Å². The Morgan fingerprint density at radius 2 is 1.95 bits per heavy atom. The minimum atomic E-state index is 0.0942. The van der Waals surface area contributed by atoms with Gasteiger partial charge in [-0.15, -0.1) is 0 Å². The Morgan fingerprint density at radius 1 is 1.19 bits per heavy atom. The third kappa shape index (κ3) is 5.06. The van der Waals surface area contributed by atoms with Gasteiger partial charge in [0, 0.05) is 17.6 Å². The normalized spacial score (nSPS) is 12.3. The van der Waals surface area contributed by atoms with E-state index >= 15 is 0 Å². The summed E-state index contributed by atoms with van der Waals surface area (Å²) in [6.07, 6.45) is 1.71. The summed E-state index contributed by atoms with van der Waals surface area (Å²) in [6, 6.07) is 6.06. The Kier molecular flexibility index (Phi) is 4.91. The highest BCUT2D eigenvalue weighted by atomic mass is 16.3. The van der Waals surface area contributed by atoms with Crippen molar-refractivity contribution in [3.05, 3.63) is 47.3 Å². The first-order valence-electron chi connectivity index (χ1n) is 7.37. The van der Waals surface area contributed by atoms with Crippen LogP contribution in [0.1, 0.15) is 43.6 Å². The Morgan fingerprint density at radius 3 is 2.57 bits per heavy atom. The van der Waals surface area contributed by atoms with Crippen molar-refractivity contribution in [3.8, 4) is 0 Å². The number of nitrogens with one attached hydrogen (secondary N) is 1. The molecule has 0 aliphatic heterocycles. The molecule has 2 aromatic heterocycles. The molecule has 0 aliphatic carbocycles. The topological polar surface area (TPSA) is 41.6 Å². The molecular formula is C17H26N2O2. The fourth-order valence-corrected chi connectivity index (χ4v) is 2.20. The van der Waals surface area contributed by atoms with Gasteiger partial charge in [-0.1, -0.05) is 0 Å². The average Bonchev–Trinajstić information content (AvgIpc) is 2.97. The van der Waals surface area contributed by atoms with Gasteiger partial charge >= 0.3 is 0 Å². The molecule has 0 saturated heterocycles. The van der Waals surface area contributed by atoms with E-state index in [1.807, 2.05) is 19.1 Å². The molecular weight excluding hydrogens is 264 g/mol. The van der Waals surface area contributed by atoms with Gasteiger partial charge in [-0.25, -0.2) is 0 Å². The van der Waals surface area contributed by atoms with Crippen molar-refractivity contribution in [2.24, 2.45) is 0 Å². The number of nitrogens with zero attached hydrogens (tertiary/aromatic N) is 1. The molecule has 0 saturated carbocycles. The van der Waals surface area contributed by atoms with Gasteiger partial charge in [0.05, 0.1) is 19.4 Å². The van der Waals surface area contributed by atoms with Crippen LogP contribution in [0.4, 0.5) is 0 Å². The lowest BCUT2D eigenvalue weighted by molar-refractivity contribution is 0.286. The predicted octanol–water partition coefficient (Wildman–Crippen LogP) is 3.70. The van der Waals surface area contributed by atoms with Gasteiger partial charge < -0.3 is 14.2 Å². The van der Waals surface area contributed by atoms with E-state index in [9.17, 15) is 0 Å². The molecule has 0 aromatic carbocycles. The highest BCUT2D eigenvalue weighted by Gasteiger charge is 2.13. The molecule has 4 nitrogen and oxygen atoms in total. The van der Waals surface area contributed by atoms with Crippen molar-refractivity contribution in [1.82, 2.24) is 10.2 Å². The summed E-state index contributed by atoms with van der Waals surface area (Å²) in [5.74, 6) is 2.96. The van der Waals surface area contributed by atoms with Crippen LogP contribution >= 0.6 is 0 Å². The standard InChI is InChI=1S/C17H26N2O2/c1-13-14(9-16(21-13)10-18-17(2,3)4)11-19(5)12-15-7-6-8-20-15/h6-9,18H,10-12H2,1-5H3. The fraction of sp³-hybridized carbons (Fsp3) is 0.529. The van der Waals surface area contributed by atoms with Crippen molar-refractivity contribution in [2.75, 3.05) is 7.05 Å². The monoisotopic (exact) mass is 290 g/mol. The first-order chi connectivity index (χ1) is 9.83. The minimum Gasteiger partial charge on any atom is -0.468 e. The third-order valence-corrected chi connectivity index (χ3v) is 3.31. The summed E-state index contributed by atoms with van der Waals surface area (Å²) in [6.45, 7) is 10.9. The molecule has 21 heavy (non-hydrogen) atoms. The smallest absolute Gasteiger partial charge is 0.118 e. The van der Waals surface area contributed by atoms with E-state index in [1.54, 1.807) is 6.26 Å². The van der Waals surface area contributed by atoms with E-state index in [4.69, 9.17) is 8.83 Å². The Hall–Kier alpha value is -1.52. The van der Waals surface area contributed by atoms with Crippen LogP contribution in [-0.2, 0) is 19.6 Å². The van der Waals surface area contributed by atoms with E-state index in [0.29, 0.717) is 0 Å². The lowest BCUT2D eigenvalue weighted by atomic mass is 10.1. The summed E-state index contributed by atoms with van der Waals surface area (Å²) < 4.78 is 11.2. The molecule has 4 heteroatoms. The van der Waals surface area contributed by atoms with Crippen molar-refractivity contribution in [3.63, 3.8) is 0 Å². The first kappa shape index (κ1) is 15.9. The van der Waals surface area contributed by atoms with E-state index in [-0.39, 0.29) is 5.54 Å². The molecule has 116 valence electrons. The summed E-state index contributed by atoms with van der Waals surface area (Å²) in [5.41, 5.74) is 1.33.